The fourth-order valence-corrected chi connectivity index (χ4v) is 3.22. The predicted molar refractivity (Wildman–Crippen MR) is 98.4 cm³/mol. The topological polar surface area (TPSA) is 75.6 Å². The summed E-state index contributed by atoms with van der Waals surface area (Å²) in [5.41, 5.74) is 1.09. The summed E-state index contributed by atoms with van der Waals surface area (Å²) < 4.78 is 28.7. The van der Waals surface area contributed by atoms with E-state index in [0.717, 1.165) is 11.8 Å². The number of hydrogen-bond donors (Lipinski definition) is 2. The number of carbonyl (C=O) groups excluding carboxylic acids is 1. The Morgan fingerprint density at radius 1 is 1.07 bits per heavy atom. The van der Waals surface area contributed by atoms with Crippen LogP contribution in [-0.4, -0.2) is 28.8 Å². The van der Waals surface area contributed by atoms with Crippen molar-refractivity contribution in [1.82, 2.24) is 5.32 Å². The SMILES string of the molecule is CC(Sc1ccccc1C(=O)NC(C)c1ccc(OC(F)F)cc1)C(=O)O. The zero-order valence-corrected chi connectivity index (χ0v) is 15.5. The molecule has 0 bridgehead atoms. The Kier molecular flexibility index (Phi) is 7.18. The largest absolute Gasteiger partial charge is 0.480 e. The van der Waals surface area contributed by atoms with E-state index >= 15 is 0 Å². The van der Waals surface area contributed by atoms with Gasteiger partial charge in [-0.1, -0.05) is 24.3 Å². The van der Waals surface area contributed by atoms with Gasteiger partial charge in [0.05, 0.1) is 11.6 Å². The van der Waals surface area contributed by atoms with Gasteiger partial charge in [0.15, 0.2) is 0 Å². The summed E-state index contributed by atoms with van der Waals surface area (Å²) in [6.07, 6.45) is 0. The minimum absolute atomic E-state index is 0.0386. The molecule has 0 radical (unpaired) electrons. The first-order valence-corrected chi connectivity index (χ1v) is 9.00. The molecule has 144 valence electrons. The van der Waals surface area contributed by atoms with Crippen LogP contribution in [0.4, 0.5) is 8.78 Å². The molecule has 0 spiro atoms. The monoisotopic (exact) mass is 395 g/mol. The summed E-state index contributed by atoms with van der Waals surface area (Å²) in [5, 5.41) is 11.2. The van der Waals surface area contributed by atoms with Gasteiger partial charge in [-0.3, -0.25) is 9.59 Å². The second-order valence-electron chi connectivity index (χ2n) is 5.74. The fourth-order valence-electron chi connectivity index (χ4n) is 2.29. The van der Waals surface area contributed by atoms with E-state index in [9.17, 15) is 18.4 Å². The van der Waals surface area contributed by atoms with Crippen LogP contribution in [0.25, 0.3) is 0 Å². The van der Waals surface area contributed by atoms with Gasteiger partial charge in [-0.2, -0.15) is 8.78 Å². The first-order chi connectivity index (χ1) is 12.8. The molecule has 27 heavy (non-hydrogen) atoms. The van der Waals surface area contributed by atoms with Crippen molar-refractivity contribution in [1.29, 1.82) is 0 Å². The van der Waals surface area contributed by atoms with Crippen molar-refractivity contribution >= 4 is 23.6 Å². The number of carboxylic acid groups (broad SMARTS) is 1. The van der Waals surface area contributed by atoms with Gasteiger partial charge in [0.1, 0.15) is 11.0 Å². The molecule has 0 saturated carbocycles. The molecule has 5 nitrogen and oxygen atoms in total. The third kappa shape index (κ3) is 5.96. The molecule has 2 aromatic carbocycles. The van der Waals surface area contributed by atoms with Crippen molar-refractivity contribution in [2.45, 2.75) is 36.6 Å². The minimum Gasteiger partial charge on any atom is -0.480 e. The Balaban J connectivity index is 2.09. The molecular weight excluding hydrogens is 376 g/mol. The Labute approximate surface area is 159 Å². The van der Waals surface area contributed by atoms with E-state index in [1.807, 2.05) is 0 Å². The number of alkyl halides is 2. The van der Waals surface area contributed by atoms with Gasteiger partial charge in [-0.05, 0) is 43.7 Å². The van der Waals surface area contributed by atoms with E-state index in [1.54, 1.807) is 50.2 Å². The van der Waals surface area contributed by atoms with Crippen LogP contribution in [0.3, 0.4) is 0 Å². The lowest BCUT2D eigenvalue weighted by molar-refractivity contribution is -0.136. The van der Waals surface area contributed by atoms with Crippen molar-refractivity contribution < 1.29 is 28.2 Å². The molecule has 1 amide bonds. The van der Waals surface area contributed by atoms with Crippen LogP contribution >= 0.6 is 11.8 Å². The zero-order chi connectivity index (χ0) is 20.0. The summed E-state index contributed by atoms with van der Waals surface area (Å²) >= 11 is 1.09. The number of ether oxygens (including phenoxy) is 1. The number of thioether (sulfide) groups is 1. The average Bonchev–Trinajstić information content (AvgIpc) is 2.62. The van der Waals surface area contributed by atoms with E-state index in [2.05, 4.69) is 10.1 Å². The fraction of sp³-hybridized carbons (Fsp3) is 0.263. The van der Waals surface area contributed by atoms with Crippen LogP contribution in [0.15, 0.2) is 53.4 Å². The molecular formula is C19H19F2NO4S. The Bertz CT molecular complexity index is 799. The number of halogens is 2. The molecule has 2 rings (SSSR count). The molecule has 2 aromatic rings. The smallest absolute Gasteiger partial charge is 0.387 e. The quantitative estimate of drug-likeness (QED) is 0.650. The predicted octanol–water partition coefficient (Wildman–Crippen LogP) is 4.34. The van der Waals surface area contributed by atoms with Gasteiger partial charge in [-0.25, -0.2) is 0 Å². The summed E-state index contributed by atoms with van der Waals surface area (Å²) in [5.74, 6) is -1.28. The number of carbonyl (C=O) groups is 2. The van der Waals surface area contributed by atoms with Crippen LogP contribution in [0.5, 0.6) is 5.75 Å². The number of aliphatic carboxylic acids is 1. The second kappa shape index (κ2) is 9.36. The number of rotatable bonds is 8. The number of nitrogens with one attached hydrogen (secondary N) is 1. The lowest BCUT2D eigenvalue weighted by Gasteiger charge is -2.17. The minimum atomic E-state index is -2.89. The third-order valence-corrected chi connectivity index (χ3v) is 4.90. The molecule has 0 aliphatic rings. The zero-order valence-electron chi connectivity index (χ0n) is 14.7. The van der Waals surface area contributed by atoms with Crippen molar-refractivity contribution in [2.75, 3.05) is 0 Å². The molecule has 0 heterocycles. The molecule has 0 aliphatic carbocycles. The van der Waals surface area contributed by atoms with Crippen LogP contribution in [-0.2, 0) is 4.79 Å². The highest BCUT2D eigenvalue weighted by Gasteiger charge is 2.19. The summed E-state index contributed by atoms with van der Waals surface area (Å²) in [6.45, 7) is 0.416. The Hall–Kier alpha value is -2.61. The summed E-state index contributed by atoms with van der Waals surface area (Å²) in [7, 11) is 0. The lowest BCUT2D eigenvalue weighted by atomic mass is 10.1. The van der Waals surface area contributed by atoms with Gasteiger partial charge in [-0.15, -0.1) is 11.8 Å². The lowest BCUT2D eigenvalue weighted by Crippen LogP contribution is -2.27. The van der Waals surface area contributed by atoms with Gasteiger partial charge in [0, 0.05) is 4.90 Å². The highest BCUT2D eigenvalue weighted by atomic mass is 32.2. The van der Waals surface area contributed by atoms with Crippen molar-refractivity contribution in [3.8, 4) is 5.75 Å². The van der Waals surface area contributed by atoms with Gasteiger partial charge < -0.3 is 15.2 Å². The van der Waals surface area contributed by atoms with E-state index < -0.39 is 17.8 Å². The molecule has 0 fully saturated rings. The maximum Gasteiger partial charge on any atom is 0.387 e. The number of hydrogen-bond acceptors (Lipinski definition) is 4. The molecule has 8 heteroatoms. The van der Waals surface area contributed by atoms with Gasteiger partial charge in [0.2, 0.25) is 0 Å². The van der Waals surface area contributed by atoms with E-state index in [1.165, 1.54) is 12.1 Å². The first-order valence-electron chi connectivity index (χ1n) is 8.12. The van der Waals surface area contributed by atoms with Crippen LogP contribution in [0.2, 0.25) is 0 Å². The number of benzene rings is 2. The number of amides is 1. The Morgan fingerprint density at radius 2 is 1.70 bits per heavy atom. The Morgan fingerprint density at radius 3 is 2.30 bits per heavy atom. The normalized spacial score (nSPS) is 13.1. The van der Waals surface area contributed by atoms with Crippen molar-refractivity contribution in [3.05, 3.63) is 59.7 Å². The van der Waals surface area contributed by atoms with E-state index in [-0.39, 0.29) is 17.7 Å². The second-order valence-corrected chi connectivity index (χ2v) is 7.12. The van der Waals surface area contributed by atoms with Crippen molar-refractivity contribution in [2.24, 2.45) is 0 Å². The molecule has 2 N–H and O–H groups in total. The van der Waals surface area contributed by atoms with Crippen molar-refractivity contribution in [3.63, 3.8) is 0 Å². The average molecular weight is 395 g/mol. The highest BCUT2D eigenvalue weighted by molar-refractivity contribution is 8.00. The molecule has 0 aliphatic heterocycles. The molecule has 2 unspecified atom stereocenters. The van der Waals surface area contributed by atoms with E-state index in [4.69, 9.17) is 5.11 Å². The maximum absolute atomic E-state index is 12.6. The van der Waals surface area contributed by atoms with Gasteiger partial charge >= 0.3 is 12.6 Å². The highest BCUT2D eigenvalue weighted by Crippen LogP contribution is 2.27. The maximum atomic E-state index is 12.6. The number of carboxylic acids is 1. The molecule has 0 aromatic heterocycles. The summed E-state index contributed by atoms with van der Waals surface area (Å²) in [6, 6.07) is 12.4. The first kappa shape index (κ1) is 20.7. The standard InChI is InChI=1S/C19H19F2NO4S/c1-11(13-7-9-14(10-8-13)26-19(20)21)22-17(23)15-5-3-4-6-16(15)27-12(2)18(24)25/h3-12,19H,1-2H3,(H,22,23)(H,24,25). The third-order valence-electron chi connectivity index (χ3n) is 3.74. The van der Waals surface area contributed by atoms with E-state index in [0.29, 0.717) is 16.0 Å². The molecule has 0 saturated heterocycles. The van der Waals surface area contributed by atoms with Crippen LogP contribution in [0, 0.1) is 0 Å². The summed E-state index contributed by atoms with van der Waals surface area (Å²) in [4.78, 5) is 24.2. The van der Waals surface area contributed by atoms with Gasteiger partial charge in [0.25, 0.3) is 5.91 Å². The van der Waals surface area contributed by atoms with Crippen LogP contribution in [0.1, 0.15) is 35.8 Å². The van der Waals surface area contributed by atoms with Crippen LogP contribution < -0.4 is 10.1 Å². The molecule has 2 atom stereocenters.